The third-order valence-corrected chi connectivity index (χ3v) is 5.54. The van der Waals surface area contributed by atoms with E-state index in [-0.39, 0.29) is 24.0 Å². The Kier molecular flexibility index (Phi) is 11.5. The number of carbonyl (C=O) groups is 4. The van der Waals surface area contributed by atoms with Crippen LogP contribution in [0.2, 0.25) is 0 Å². The minimum atomic E-state index is -1.23. The Morgan fingerprint density at radius 1 is 0.882 bits per heavy atom. The van der Waals surface area contributed by atoms with Gasteiger partial charge in [0, 0.05) is 6.42 Å². The molecule has 5 atom stereocenters. The van der Waals surface area contributed by atoms with Crippen LogP contribution in [0.15, 0.2) is 24.3 Å². The molecule has 0 saturated heterocycles. The lowest BCUT2D eigenvalue weighted by atomic mass is 9.96. The highest BCUT2D eigenvalue weighted by molar-refractivity contribution is 5.94. The Morgan fingerprint density at radius 2 is 1.44 bits per heavy atom. The summed E-state index contributed by atoms with van der Waals surface area (Å²) < 4.78 is 0. The number of nitrogens with two attached hydrogens (primary N) is 1. The zero-order valence-electron chi connectivity index (χ0n) is 20.5. The van der Waals surface area contributed by atoms with Crippen LogP contribution in [-0.4, -0.2) is 58.1 Å². The molecule has 1 rings (SSSR count). The molecule has 10 nitrogen and oxygen atoms in total. The molecule has 0 aliphatic carbocycles. The third-order valence-electron chi connectivity index (χ3n) is 5.54. The van der Waals surface area contributed by atoms with Crippen LogP contribution in [0.25, 0.3) is 0 Å². The fourth-order valence-corrected chi connectivity index (χ4v) is 3.29. The number of amides is 3. The predicted octanol–water partition coefficient (Wildman–Crippen LogP) is 0.913. The van der Waals surface area contributed by atoms with Crippen LogP contribution in [0.4, 0.5) is 0 Å². The molecule has 0 aliphatic heterocycles. The van der Waals surface area contributed by atoms with E-state index in [4.69, 9.17) is 5.73 Å². The van der Waals surface area contributed by atoms with Gasteiger partial charge in [-0.2, -0.15) is 0 Å². The van der Waals surface area contributed by atoms with Gasteiger partial charge in [-0.05, 0) is 42.9 Å². The van der Waals surface area contributed by atoms with Crippen molar-refractivity contribution in [3.05, 3.63) is 29.8 Å². The van der Waals surface area contributed by atoms with Gasteiger partial charge in [-0.1, -0.05) is 46.2 Å². The van der Waals surface area contributed by atoms with E-state index in [1.54, 1.807) is 19.1 Å². The molecule has 1 aromatic rings. The number of carbonyl (C=O) groups excluding carboxylic acids is 3. The van der Waals surface area contributed by atoms with Crippen LogP contribution in [0, 0.1) is 11.8 Å². The van der Waals surface area contributed by atoms with E-state index in [1.807, 2.05) is 20.8 Å². The highest BCUT2D eigenvalue weighted by Gasteiger charge is 2.32. The summed E-state index contributed by atoms with van der Waals surface area (Å²) in [5.74, 6) is -3.03. The van der Waals surface area contributed by atoms with E-state index in [0.717, 1.165) is 0 Å². The molecular formula is C24H38N4O6. The van der Waals surface area contributed by atoms with Crippen LogP contribution in [0.3, 0.4) is 0 Å². The third kappa shape index (κ3) is 9.38. The van der Waals surface area contributed by atoms with Crippen molar-refractivity contribution in [3.63, 3.8) is 0 Å². The largest absolute Gasteiger partial charge is 0.508 e. The molecule has 7 N–H and O–H groups in total. The SMILES string of the molecule is CCC(C)C(NC(=O)C(CC(C)C)NC(=O)C(C)N)C(=O)NC(Cc1ccc(O)cc1)C(=O)O. The summed E-state index contributed by atoms with van der Waals surface area (Å²) in [7, 11) is 0. The number of benzene rings is 1. The van der Waals surface area contributed by atoms with Crippen molar-refractivity contribution in [2.24, 2.45) is 17.6 Å². The maximum Gasteiger partial charge on any atom is 0.326 e. The lowest BCUT2D eigenvalue weighted by Crippen LogP contribution is -2.58. The minimum Gasteiger partial charge on any atom is -0.508 e. The van der Waals surface area contributed by atoms with E-state index >= 15 is 0 Å². The van der Waals surface area contributed by atoms with Gasteiger partial charge in [0.05, 0.1) is 6.04 Å². The normalized spacial score (nSPS) is 15.5. The van der Waals surface area contributed by atoms with Crippen molar-refractivity contribution in [1.29, 1.82) is 0 Å². The summed E-state index contributed by atoms with van der Waals surface area (Å²) in [5.41, 5.74) is 6.23. The fourth-order valence-electron chi connectivity index (χ4n) is 3.29. The molecule has 190 valence electrons. The summed E-state index contributed by atoms with van der Waals surface area (Å²) in [5, 5.41) is 26.9. The first-order valence-corrected chi connectivity index (χ1v) is 11.5. The lowest BCUT2D eigenvalue weighted by Gasteiger charge is -2.28. The van der Waals surface area contributed by atoms with E-state index in [2.05, 4.69) is 16.0 Å². The predicted molar refractivity (Wildman–Crippen MR) is 128 cm³/mol. The number of carboxylic acids is 1. The van der Waals surface area contributed by atoms with Gasteiger partial charge in [0.2, 0.25) is 17.7 Å². The highest BCUT2D eigenvalue weighted by atomic mass is 16.4. The molecule has 0 radical (unpaired) electrons. The van der Waals surface area contributed by atoms with Gasteiger partial charge in [-0.3, -0.25) is 14.4 Å². The number of aromatic hydroxyl groups is 1. The standard InChI is InChI=1S/C24H38N4O6/c1-6-14(4)20(28-22(31)18(11-13(2)3)26-21(30)15(5)25)23(32)27-19(24(33)34)12-16-7-9-17(29)10-8-16/h7-10,13-15,18-20,29H,6,11-12,25H2,1-5H3,(H,26,30)(H,27,32)(H,28,31)(H,33,34). The van der Waals surface area contributed by atoms with E-state index in [1.165, 1.54) is 19.1 Å². The Morgan fingerprint density at radius 3 is 1.91 bits per heavy atom. The molecule has 10 heteroatoms. The van der Waals surface area contributed by atoms with Crippen LogP contribution in [0.1, 0.15) is 53.0 Å². The van der Waals surface area contributed by atoms with Gasteiger partial charge in [0.1, 0.15) is 23.9 Å². The van der Waals surface area contributed by atoms with E-state index in [9.17, 15) is 29.4 Å². The molecule has 0 saturated carbocycles. The Labute approximate surface area is 200 Å². The zero-order valence-corrected chi connectivity index (χ0v) is 20.5. The van der Waals surface area contributed by atoms with Gasteiger partial charge in [-0.15, -0.1) is 0 Å². The van der Waals surface area contributed by atoms with Crippen molar-refractivity contribution >= 4 is 23.7 Å². The molecule has 0 bridgehead atoms. The molecular weight excluding hydrogens is 440 g/mol. The Bertz CT molecular complexity index is 840. The van der Waals surface area contributed by atoms with Crippen molar-refractivity contribution in [3.8, 4) is 5.75 Å². The second kappa shape index (κ2) is 13.5. The summed E-state index contributed by atoms with van der Waals surface area (Å²) >= 11 is 0. The van der Waals surface area contributed by atoms with E-state index in [0.29, 0.717) is 18.4 Å². The molecule has 0 spiro atoms. The van der Waals surface area contributed by atoms with Crippen molar-refractivity contribution in [2.45, 2.75) is 78.0 Å². The quantitative estimate of drug-likeness (QED) is 0.245. The first-order valence-electron chi connectivity index (χ1n) is 11.5. The summed E-state index contributed by atoms with van der Waals surface area (Å²) in [6, 6.07) is 2.10. The first kappa shape index (κ1) is 28.9. The monoisotopic (exact) mass is 478 g/mol. The van der Waals surface area contributed by atoms with Crippen LogP contribution in [-0.2, 0) is 25.6 Å². The summed E-state index contributed by atoms with van der Waals surface area (Å²) in [6.45, 7) is 8.94. The van der Waals surface area contributed by atoms with Crippen molar-refractivity contribution in [1.82, 2.24) is 16.0 Å². The number of phenols is 1. The molecule has 0 fully saturated rings. The molecule has 1 aromatic carbocycles. The first-order chi connectivity index (χ1) is 15.8. The lowest BCUT2D eigenvalue weighted by molar-refractivity contribution is -0.142. The van der Waals surface area contributed by atoms with Gasteiger partial charge < -0.3 is 31.9 Å². The Balaban J connectivity index is 3.02. The number of aliphatic carboxylic acids is 1. The van der Waals surface area contributed by atoms with Gasteiger partial charge in [0.25, 0.3) is 0 Å². The fraction of sp³-hybridized carbons (Fsp3) is 0.583. The van der Waals surface area contributed by atoms with Crippen molar-refractivity contribution < 1.29 is 29.4 Å². The Hall–Kier alpha value is -3.14. The van der Waals surface area contributed by atoms with Crippen LogP contribution < -0.4 is 21.7 Å². The minimum absolute atomic E-state index is 0.00292. The molecule has 34 heavy (non-hydrogen) atoms. The average Bonchev–Trinajstić information content (AvgIpc) is 2.76. The molecule has 5 unspecified atom stereocenters. The highest BCUT2D eigenvalue weighted by Crippen LogP contribution is 2.14. The second-order valence-electron chi connectivity index (χ2n) is 9.12. The van der Waals surface area contributed by atoms with Gasteiger partial charge in [0.15, 0.2) is 0 Å². The summed E-state index contributed by atoms with van der Waals surface area (Å²) in [6.07, 6.45) is 0.899. The second-order valence-corrected chi connectivity index (χ2v) is 9.12. The topological polar surface area (TPSA) is 171 Å². The van der Waals surface area contributed by atoms with Crippen LogP contribution in [0.5, 0.6) is 5.75 Å². The van der Waals surface area contributed by atoms with Gasteiger partial charge >= 0.3 is 5.97 Å². The maximum absolute atomic E-state index is 13.1. The smallest absolute Gasteiger partial charge is 0.326 e. The number of hydrogen-bond acceptors (Lipinski definition) is 6. The molecule has 0 aliphatic rings. The van der Waals surface area contributed by atoms with Crippen molar-refractivity contribution in [2.75, 3.05) is 0 Å². The maximum atomic E-state index is 13.1. The van der Waals surface area contributed by atoms with Gasteiger partial charge in [-0.25, -0.2) is 4.79 Å². The average molecular weight is 479 g/mol. The van der Waals surface area contributed by atoms with Crippen LogP contribution >= 0.6 is 0 Å². The molecule has 0 heterocycles. The van der Waals surface area contributed by atoms with E-state index < -0.39 is 47.9 Å². The zero-order chi connectivity index (χ0) is 26.0. The summed E-state index contributed by atoms with van der Waals surface area (Å²) in [4.78, 5) is 50.0. The number of rotatable bonds is 13. The number of hydrogen-bond donors (Lipinski definition) is 6. The number of phenolic OH excluding ortho intramolecular Hbond substituents is 1. The number of carboxylic acid groups (broad SMARTS) is 1. The molecule has 3 amide bonds. The number of nitrogens with one attached hydrogen (secondary N) is 3. The molecule has 0 aromatic heterocycles.